The van der Waals surface area contributed by atoms with Gasteiger partial charge in [-0.2, -0.15) is 4.99 Å². The van der Waals surface area contributed by atoms with Gasteiger partial charge >= 0.3 is 0 Å². The van der Waals surface area contributed by atoms with E-state index in [0.717, 1.165) is 12.2 Å². The molecule has 0 radical (unpaired) electrons. The number of aliphatic imine (C=N–C) groups is 1. The number of carbonyl (C=O) groups excluding carboxylic acids is 2. The molecule has 1 saturated heterocycles. The van der Waals surface area contributed by atoms with Crippen molar-refractivity contribution in [2.24, 2.45) is 4.99 Å². The molecule has 16 heavy (non-hydrogen) atoms. The van der Waals surface area contributed by atoms with Crippen LogP contribution in [0.5, 0.6) is 0 Å². The van der Waals surface area contributed by atoms with Gasteiger partial charge in [-0.3, -0.25) is 4.79 Å². The Hall–Kier alpha value is -1.97. The van der Waals surface area contributed by atoms with Gasteiger partial charge in [0.1, 0.15) is 0 Å². The molecule has 0 saturated carbocycles. The Kier molecular flexibility index (Phi) is 3.10. The van der Waals surface area contributed by atoms with Crippen molar-refractivity contribution >= 4 is 23.4 Å². The van der Waals surface area contributed by atoms with E-state index < -0.39 is 0 Å². The van der Waals surface area contributed by atoms with Gasteiger partial charge in [0.15, 0.2) is 0 Å². The molecule has 5 heteroatoms. The zero-order valence-corrected chi connectivity index (χ0v) is 8.64. The maximum atomic E-state index is 11.6. The number of anilines is 1. The second-order valence-corrected chi connectivity index (χ2v) is 3.44. The summed E-state index contributed by atoms with van der Waals surface area (Å²) in [6, 6.07) is 6.93. The number of amides is 1. The Morgan fingerprint density at radius 1 is 1.31 bits per heavy atom. The summed E-state index contributed by atoms with van der Waals surface area (Å²) in [5.41, 5.74) is 1.37. The molecule has 0 aromatic heterocycles. The fourth-order valence-electron chi connectivity index (χ4n) is 1.64. The minimum Gasteiger partial charge on any atom is -0.310 e. The highest BCUT2D eigenvalue weighted by atomic mass is 16.2. The maximum absolute atomic E-state index is 11.6. The third-order valence-corrected chi connectivity index (χ3v) is 2.43. The van der Waals surface area contributed by atoms with Crippen molar-refractivity contribution in [3.63, 3.8) is 0 Å². The monoisotopic (exact) mass is 217 g/mol. The Labute approximate surface area is 92.8 Å². The van der Waals surface area contributed by atoms with Crippen LogP contribution in [0.15, 0.2) is 29.3 Å². The highest BCUT2D eigenvalue weighted by Gasteiger charge is 2.18. The number of nitrogens with one attached hydrogen (secondary N) is 1. The number of rotatable bonds is 2. The molecular formula is C11H11N3O2. The second-order valence-electron chi connectivity index (χ2n) is 3.44. The van der Waals surface area contributed by atoms with E-state index in [1.54, 1.807) is 29.2 Å². The van der Waals surface area contributed by atoms with E-state index in [4.69, 9.17) is 0 Å². The van der Waals surface area contributed by atoms with Crippen LogP contribution in [-0.2, 0) is 9.59 Å². The molecule has 82 valence electrons. The predicted molar refractivity (Wildman–Crippen MR) is 59.4 cm³/mol. The van der Waals surface area contributed by atoms with Crippen LogP contribution in [0.1, 0.15) is 0 Å². The van der Waals surface area contributed by atoms with E-state index in [1.165, 1.54) is 6.08 Å². The van der Waals surface area contributed by atoms with Crippen LogP contribution >= 0.6 is 0 Å². The number of isocyanates is 1. The Morgan fingerprint density at radius 2 is 2.06 bits per heavy atom. The standard InChI is InChI=1S/C11H11N3O2/c15-8-13-9-1-3-10(4-2-9)14-6-5-12-7-11(14)16/h1-4,12H,5-7H2. The summed E-state index contributed by atoms with van der Waals surface area (Å²) in [4.78, 5) is 26.8. The minimum absolute atomic E-state index is 0.0536. The lowest BCUT2D eigenvalue weighted by atomic mass is 10.2. The zero-order chi connectivity index (χ0) is 11.4. The SMILES string of the molecule is O=C=Nc1ccc(N2CCNCC2=O)cc1. The Morgan fingerprint density at radius 3 is 2.69 bits per heavy atom. The number of hydrogen-bond acceptors (Lipinski definition) is 4. The molecular weight excluding hydrogens is 206 g/mol. The van der Waals surface area contributed by atoms with Crippen LogP contribution in [0, 0.1) is 0 Å². The molecule has 1 fully saturated rings. The van der Waals surface area contributed by atoms with E-state index in [1.807, 2.05) is 0 Å². The van der Waals surface area contributed by atoms with Gasteiger partial charge in [-0.05, 0) is 24.3 Å². The minimum atomic E-state index is 0.0536. The number of benzene rings is 1. The third-order valence-electron chi connectivity index (χ3n) is 2.43. The lowest BCUT2D eigenvalue weighted by Gasteiger charge is -2.27. The van der Waals surface area contributed by atoms with Gasteiger partial charge in [0.05, 0.1) is 12.2 Å². The first-order chi connectivity index (χ1) is 7.81. The zero-order valence-electron chi connectivity index (χ0n) is 8.64. The number of piperazine rings is 1. The van der Waals surface area contributed by atoms with Crippen LogP contribution in [0.3, 0.4) is 0 Å². The summed E-state index contributed by atoms with van der Waals surface area (Å²) in [6.07, 6.45) is 1.48. The van der Waals surface area contributed by atoms with Crippen molar-refractivity contribution < 1.29 is 9.59 Å². The Bertz CT molecular complexity index is 435. The van der Waals surface area contributed by atoms with Crippen LogP contribution in [0.2, 0.25) is 0 Å². The van der Waals surface area contributed by atoms with Crippen molar-refractivity contribution in [2.75, 3.05) is 24.5 Å². The molecule has 5 nitrogen and oxygen atoms in total. The summed E-state index contributed by atoms with van der Waals surface area (Å²) in [6.45, 7) is 1.82. The Balaban J connectivity index is 2.20. The van der Waals surface area contributed by atoms with Crippen LogP contribution in [-0.4, -0.2) is 31.6 Å². The van der Waals surface area contributed by atoms with Crippen molar-refractivity contribution in [2.45, 2.75) is 0 Å². The van der Waals surface area contributed by atoms with Gasteiger partial charge in [0.2, 0.25) is 12.0 Å². The van der Waals surface area contributed by atoms with Gasteiger partial charge in [-0.1, -0.05) is 0 Å². The van der Waals surface area contributed by atoms with Gasteiger partial charge in [0, 0.05) is 18.8 Å². The number of carbonyl (C=O) groups is 1. The summed E-state index contributed by atoms with van der Waals surface area (Å²) in [5, 5.41) is 3.00. The van der Waals surface area contributed by atoms with Crippen molar-refractivity contribution in [3.05, 3.63) is 24.3 Å². The molecule has 1 aliphatic heterocycles. The molecule has 2 rings (SSSR count). The van der Waals surface area contributed by atoms with Crippen LogP contribution in [0.4, 0.5) is 11.4 Å². The smallest absolute Gasteiger partial charge is 0.240 e. The molecule has 0 spiro atoms. The molecule has 1 aromatic carbocycles. The predicted octanol–water partition coefficient (Wildman–Crippen LogP) is 0.590. The van der Waals surface area contributed by atoms with E-state index in [0.29, 0.717) is 18.8 Å². The summed E-state index contributed by atoms with van der Waals surface area (Å²) in [5.74, 6) is 0.0536. The number of hydrogen-bond donors (Lipinski definition) is 1. The molecule has 1 heterocycles. The van der Waals surface area contributed by atoms with E-state index in [2.05, 4.69) is 10.3 Å². The molecule has 1 aliphatic rings. The van der Waals surface area contributed by atoms with Crippen LogP contribution < -0.4 is 10.2 Å². The maximum Gasteiger partial charge on any atom is 0.240 e. The normalized spacial score (nSPS) is 15.8. The van der Waals surface area contributed by atoms with Gasteiger partial charge in [-0.25, -0.2) is 4.79 Å². The van der Waals surface area contributed by atoms with Gasteiger partial charge in [-0.15, -0.1) is 0 Å². The lowest BCUT2D eigenvalue weighted by Crippen LogP contribution is -2.48. The van der Waals surface area contributed by atoms with Crippen molar-refractivity contribution in [3.8, 4) is 0 Å². The first-order valence-electron chi connectivity index (χ1n) is 5.00. The highest BCUT2D eigenvalue weighted by Crippen LogP contribution is 2.20. The second kappa shape index (κ2) is 4.70. The molecule has 0 aliphatic carbocycles. The molecule has 1 aromatic rings. The third kappa shape index (κ3) is 2.16. The first-order valence-corrected chi connectivity index (χ1v) is 5.00. The average Bonchev–Trinajstić information content (AvgIpc) is 2.31. The van der Waals surface area contributed by atoms with E-state index in [-0.39, 0.29) is 5.91 Å². The quantitative estimate of drug-likeness (QED) is 0.582. The van der Waals surface area contributed by atoms with E-state index >= 15 is 0 Å². The molecule has 0 unspecified atom stereocenters. The van der Waals surface area contributed by atoms with Gasteiger partial charge < -0.3 is 10.2 Å². The van der Waals surface area contributed by atoms with E-state index in [9.17, 15) is 9.59 Å². The fourth-order valence-corrected chi connectivity index (χ4v) is 1.64. The molecule has 0 atom stereocenters. The van der Waals surface area contributed by atoms with Crippen molar-refractivity contribution in [1.82, 2.24) is 5.32 Å². The van der Waals surface area contributed by atoms with Gasteiger partial charge in [0.25, 0.3) is 0 Å². The lowest BCUT2D eigenvalue weighted by molar-refractivity contribution is -0.118. The molecule has 1 amide bonds. The average molecular weight is 217 g/mol. The molecule has 0 bridgehead atoms. The largest absolute Gasteiger partial charge is 0.310 e. The summed E-state index contributed by atoms with van der Waals surface area (Å²) < 4.78 is 0. The number of nitrogens with zero attached hydrogens (tertiary/aromatic N) is 2. The van der Waals surface area contributed by atoms with Crippen molar-refractivity contribution in [1.29, 1.82) is 0 Å². The summed E-state index contributed by atoms with van der Waals surface area (Å²) >= 11 is 0. The highest BCUT2D eigenvalue weighted by molar-refractivity contribution is 5.95. The molecule has 1 N–H and O–H groups in total. The van der Waals surface area contributed by atoms with Crippen LogP contribution in [0.25, 0.3) is 0 Å². The summed E-state index contributed by atoms with van der Waals surface area (Å²) in [7, 11) is 0. The first kappa shape index (κ1) is 10.5. The fraction of sp³-hybridized carbons (Fsp3) is 0.273. The topological polar surface area (TPSA) is 61.8 Å².